The monoisotopic (exact) mass is 373 g/mol. The molecule has 11 heteroatoms. The third kappa shape index (κ3) is 4.46. The van der Waals surface area contributed by atoms with Crippen molar-refractivity contribution in [1.29, 1.82) is 0 Å². The summed E-state index contributed by atoms with van der Waals surface area (Å²) >= 11 is 0. The first-order valence-corrected chi connectivity index (χ1v) is 8.94. The number of nitrogen functional groups attached to an aromatic ring is 1. The van der Waals surface area contributed by atoms with Crippen LogP contribution in [0.15, 0.2) is 17.1 Å². The molecule has 5 atom stereocenters. The van der Waals surface area contributed by atoms with Gasteiger partial charge in [0.1, 0.15) is 24.6 Å². The highest BCUT2D eigenvalue weighted by Gasteiger charge is 2.49. The van der Waals surface area contributed by atoms with Gasteiger partial charge in [-0.05, 0) is 12.5 Å². The van der Waals surface area contributed by atoms with Crippen LogP contribution in [-0.2, 0) is 23.1 Å². The Hall–Kier alpha value is -1.73. The Balaban J connectivity index is 2.40. The Bertz CT molecular complexity index is 747. The zero-order valence-electron chi connectivity index (χ0n) is 13.8. The average molecular weight is 373 g/mol. The molecule has 1 fully saturated rings. The Morgan fingerprint density at radius 1 is 1.56 bits per heavy atom. The molecule has 10 nitrogen and oxygen atoms in total. The van der Waals surface area contributed by atoms with Gasteiger partial charge in [-0.25, -0.2) is 9.36 Å². The Kier molecular flexibility index (Phi) is 6.35. The van der Waals surface area contributed by atoms with Gasteiger partial charge >= 0.3 is 13.5 Å². The largest absolute Gasteiger partial charge is 0.472 e. The topological polar surface area (TPSA) is 135 Å². The van der Waals surface area contributed by atoms with E-state index in [1.54, 1.807) is 6.92 Å². The minimum absolute atomic E-state index is 0.0550. The fourth-order valence-corrected chi connectivity index (χ4v) is 3.18. The van der Waals surface area contributed by atoms with Crippen LogP contribution in [0.3, 0.4) is 0 Å². The lowest BCUT2D eigenvalue weighted by Crippen LogP contribution is -2.39. The summed E-state index contributed by atoms with van der Waals surface area (Å²) in [5.74, 6) is 2.36. The molecule has 138 valence electrons. The van der Waals surface area contributed by atoms with Crippen LogP contribution in [0.1, 0.15) is 19.6 Å². The molecule has 1 aromatic rings. The van der Waals surface area contributed by atoms with E-state index in [-0.39, 0.29) is 12.4 Å². The number of terminal acetylenes is 1. The van der Waals surface area contributed by atoms with E-state index in [2.05, 4.69) is 15.4 Å². The number of anilines is 1. The highest BCUT2D eigenvalue weighted by atomic mass is 31.2. The highest BCUT2D eigenvalue weighted by Crippen LogP contribution is 2.48. The van der Waals surface area contributed by atoms with Gasteiger partial charge in [0, 0.05) is 13.3 Å². The molecule has 1 aliphatic heterocycles. The molecular formula is C14H20N3O7P. The molecule has 1 saturated heterocycles. The van der Waals surface area contributed by atoms with Crippen LogP contribution in [0, 0.1) is 12.3 Å². The molecule has 0 aliphatic carbocycles. The Labute approximate surface area is 144 Å². The number of rotatable bonds is 7. The van der Waals surface area contributed by atoms with Crippen molar-refractivity contribution < 1.29 is 28.0 Å². The fraction of sp³-hybridized carbons (Fsp3) is 0.571. The van der Waals surface area contributed by atoms with Crippen LogP contribution in [0.2, 0.25) is 0 Å². The predicted octanol–water partition coefficient (Wildman–Crippen LogP) is 0.283. The quantitative estimate of drug-likeness (QED) is 0.510. The van der Waals surface area contributed by atoms with Crippen molar-refractivity contribution in [2.24, 2.45) is 0 Å². The fourth-order valence-electron chi connectivity index (χ4n) is 2.53. The summed E-state index contributed by atoms with van der Waals surface area (Å²) in [5, 5.41) is 0. The normalized spacial score (nSPS) is 28.4. The molecule has 1 aromatic heterocycles. The molecule has 1 aliphatic rings. The van der Waals surface area contributed by atoms with Gasteiger partial charge in [-0.15, -0.1) is 6.42 Å². The van der Waals surface area contributed by atoms with Crippen LogP contribution < -0.4 is 11.4 Å². The highest BCUT2D eigenvalue weighted by molar-refractivity contribution is 7.47. The van der Waals surface area contributed by atoms with Crippen LogP contribution >= 0.6 is 7.82 Å². The number of ether oxygens (including phenoxy) is 2. The Morgan fingerprint density at radius 3 is 2.84 bits per heavy atom. The van der Waals surface area contributed by atoms with E-state index in [4.69, 9.17) is 26.2 Å². The number of phosphoric ester groups is 1. The number of phosphoric acid groups is 1. The maximum Gasteiger partial charge on any atom is 0.472 e. The second-order valence-electron chi connectivity index (χ2n) is 5.22. The van der Waals surface area contributed by atoms with Crippen molar-refractivity contribution >= 4 is 13.6 Å². The predicted molar refractivity (Wildman–Crippen MR) is 87.4 cm³/mol. The number of hydrogen-bond acceptors (Lipinski definition) is 8. The Morgan fingerprint density at radius 2 is 2.28 bits per heavy atom. The molecule has 2 rings (SSSR count). The van der Waals surface area contributed by atoms with E-state index in [1.165, 1.54) is 16.8 Å². The van der Waals surface area contributed by atoms with Crippen LogP contribution in [0.5, 0.6) is 0 Å². The summed E-state index contributed by atoms with van der Waals surface area (Å²) in [6, 6.07) is 1.42. The van der Waals surface area contributed by atoms with Gasteiger partial charge in [-0.2, -0.15) is 4.98 Å². The summed E-state index contributed by atoms with van der Waals surface area (Å²) in [5.41, 5.74) is 4.83. The molecule has 25 heavy (non-hydrogen) atoms. The van der Waals surface area contributed by atoms with E-state index in [0.29, 0.717) is 6.42 Å². The van der Waals surface area contributed by atoms with Gasteiger partial charge in [-0.3, -0.25) is 13.6 Å². The molecule has 0 spiro atoms. The molecule has 0 aromatic carbocycles. The lowest BCUT2D eigenvalue weighted by atomic mass is 10.1. The third-order valence-corrected chi connectivity index (χ3v) is 4.63. The van der Waals surface area contributed by atoms with Crippen molar-refractivity contribution in [2.45, 2.75) is 37.9 Å². The lowest BCUT2D eigenvalue weighted by Gasteiger charge is -2.25. The van der Waals surface area contributed by atoms with E-state index in [1.807, 2.05) is 0 Å². The minimum Gasteiger partial charge on any atom is -0.383 e. The zero-order chi connectivity index (χ0) is 18.6. The molecule has 2 heterocycles. The number of nitrogens with zero attached hydrogens (tertiary/aromatic N) is 2. The van der Waals surface area contributed by atoms with Crippen molar-refractivity contribution in [3.63, 3.8) is 0 Å². The first-order valence-electron chi connectivity index (χ1n) is 7.45. The minimum atomic E-state index is -4.32. The summed E-state index contributed by atoms with van der Waals surface area (Å²) in [7, 11) is -3.27. The van der Waals surface area contributed by atoms with E-state index >= 15 is 0 Å². The average Bonchev–Trinajstić information content (AvgIpc) is 2.89. The van der Waals surface area contributed by atoms with Gasteiger partial charge in [0.25, 0.3) is 0 Å². The van der Waals surface area contributed by atoms with Crippen LogP contribution in [-0.4, -0.2) is 46.5 Å². The SMILES string of the molecule is C#CCOC1[C@@H](OP(=O)(O)OC)[C@@H](CC)O[C@H]1n1ccc(N)nc1=O. The van der Waals surface area contributed by atoms with E-state index < -0.39 is 38.1 Å². The van der Waals surface area contributed by atoms with E-state index in [9.17, 15) is 14.3 Å². The van der Waals surface area contributed by atoms with Crippen LogP contribution in [0.25, 0.3) is 0 Å². The van der Waals surface area contributed by atoms with Gasteiger partial charge in [-0.1, -0.05) is 12.8 Å². The second-order valence-corrected chi connectivity index (χ2v) is 6.73. The number of aromatic nitrogens is 2. The zero-order valence-corrected chi connectivity index (χ0v) is 14.7. The summed E-state index contributed by atoms with van der Waals surface area (Å²) in [6.07, 6.45) is 3.54. The molecule has 2 unspecified atom stereocenters. The van der Waals surface area contributed by atoms with Gasteiger partial charge in [0.2, 0.25) is 0 Å². The van der Waals surface area contributed by atoms with Gasteiger partial charge in [0.15, 0.2) is 6.23 Å². The smallest absolute Gasteiger partial charge is 0.383 e. The van der Waals surface area contributed by atoms with Gasteiger partial charge < -0.3 is 20.1 Å². The first-order chi connectivity index (χ1) is 11.8. The number of hydrogen-bond donors (Lipinski definition) is 2. The standard InChI is InChI=1S/C14H20N3O7P/c1-4-8-22-12-11(24-25(19,20)21-3)9(5-2)23-13(12)17-7-6-10(15)16-14(17)18/h1,6-7,9,11-13H,5,8H2,2-3H3,(H,19,20)(H2,15,16,18)/t9-,11+,12?,13-/m1/s1. The van der Waals surface area contributed by atoms with Crippen molar-refractivity contribution in [3.05, 3.63) is 22.7 Å². The summed E-state index contributed by atoms with van der Waals surface area (Å²) < 4.78 is 34.0. The van der Waals surface area contributed by atoms with Gasteiger partial charge in [0.05, 0.1) is 6.10 Å². The molecule has 0 bridgehead atoms. The van der Waals surface area contributed by atoms with Crippen molar-refractivity contribution in [1.82, 2.24) is 9.55 Å². The van der Waals surface area contributed by atoms with Crippen molar-refractivity contribution in [2.75, 3.05) is 19.5 Å². The first kappa shape index (κ1) is 19.6. The summed E-state index contributed by atoms with van der Waals surface area (Å²) in [6.45, 7) is 1.68. The van der Waals surface area contributed by atoms with E-state index in [0.717, 1.165) is 7.11 Å². The number of nitrogens with two attached hydrogens (primary N) is 1. The summed E-state index contributed by atoms with van der Waals surface area (Å²) in [4.78, 5) is 25.4. The molecule has 0 saturated carbocycles. The second kappa shape index (κ2) is 8.10. The molecular weight excluding hydrogens is 353 g/mol. The lowest BCUT2D eigenvalue weighted by molar-refractivity contribution is -0.0618. The molecule has 3 N–H and O–H groups in total. The molecule has 0 radical (unpaired) electrons. The molecule has 0 amide bonds. The van der Waals surface area contributed by atoms with Crippen LogP contribution in [0.4, 0.5) is 5.82 Å². The van der Waals surface area contributed by atoms with Crippen molar-refractivity contribution in [3.8, 4) is 12.3 Å². The maximum atomic E-state index is 12.1. The maximum absolute atomic E-state index is 12.1. The third-order valence-electron chi connectivity index (χ3n) is 3.66.